The zero-order chi connectivity index (χ0) is 26.5. The lowest BCUT2D eigenvalue weighted by Gasteiger charge is -2.32. The van der Waals surface area contributed by atoms with Gasteiger partial charge >= 0.3 is 0 Å². The first kappa shape index (κ1) is 26.7. The fraction of sp³-hybridized carbons (Fsp3) is 0.385. The molecule has 1 unspecified atom stereocenters. The van der Waals surface area contributed by atoms with Gasteiger partial charge in [0.25, 0.3) is 11.8 Å². The van der Waals surface area contributed by atoms with Crippen LogP contribution < -0.4 is 10.6 Å². The summed E-state index contributed by atoms with van der Waals surface area (Å²) in [4.78, 5) is 40.4. The molecule has 1 fully saturated rings. The minimum Gasteiger partial charge on any atom is -0.508 e. The van der Waals surface area contributed by atoms with Crippen LogP contribution in [-0.2, 0) is 20.7 Å². The van der Waals surface area contributed by atoms with Crippen molar-refractivity contribution in [3.8, 4) is 11.8 Å². The minimum absolute atomic E-state index is 0.0541. The van der Waals surface area contributed by atoms with E-state index in [2.05, 4.69) is 10.6 Å². The molecule has 36 heavy (non-hydrogen) atoms. The molecule has 10 heteroatoms. The number of phenols is 1. The van der Waals surface area contributed by atoms with E-state index in [1.54, 1.807) is 45.0 Å². The summed E-state index contributed by atoms with van der Waals surface area (Å²) in [6.07, 6.45) is -1.59. The molecule has 1 aliphatic rings. The number of ether oxygens (including phenoxy) is 1. The number of benzene rings is 2. The summed E-state index contributed by atoms with van der Waals surface area (Å²) >= 11 is 0. The van der Waals surface area contributed by atoms with Gasteiger partial charge in [-0.1, -0.05) is 36.4 Å². The predicted octanol–water partition coefficient (Wildman–Crippen LogP) is 1.01. The van der Waals surface area contributed by atoms with Crippen LogP contribution in [0.5, 0.6) is 5.75 Å². The van der Waals surface area contributed by atoms with Gasteiger partial charge in [-0.3, -0.25) is 14.4 Å². The summed E-state index contributed by atoms with van der Waals surface area (Å²) in [5, 5.41) is 35.1. The molecule has 0 aromatic heterocycles. The van der Waals surface area contributed by atoms with E-state index >= 15 is 0 Å². The number of hydrogen-bond donors (Lipinski definition) is 4. The van der Waals surface area contributed by atoms with Gasteiger partial charge in [0.2, 0.25) is 5.91 Å². The van der Waals surface area contributed by atoms with Gasteiger partial charge in [0, 0.05) is 11.1 Å². The van der Waals surface area contributed by atoms with E-state index in [-0.39, 0.29) is 31.0 Å². The van der Waals surface area contributed by atoms with Crippen molar-refractivity contribution in [3.05, 3.63) is 65.2 Å². The summed E-state index contributed by atoms with van der Waals surface area (Å²) < 4.78 is 5.65. The molecule has 3 amide bonds. The molecule has 0 aliphatic carbocycles. The standard InChI is InChI=1S/C26H30N4O6/c1-16-18(10-7-11-20(16)31)23(33)29-19(14-17-8-5-4-6-9-17)21(32)25(35)30-15-36-26(2,3)22(30)24(34)28-13-12-27/h4-11,19,21-22,31-32H,13-15H2,1-3H3,(H,28,34)(H,29,33)/t19-,21-,22?/m0/s1. The SMILES string of the molecule is Cc1c(O)cccc1C(=O)N[C@@H](Cc1ccccc1)[C@H](O)C(=O)N1COC(C)(C)C1C(=O)NCC#N. The molecule has 190 valence electrons. The summed E-state index contributed by atoms with van der Waals surface area (Å²) in [6, 6.07) is 13.2. The first-order chi connectivity index (χ1) is 17.1. The Morgan fingerprint density at radius 2 is 1.89 bits per heavy atom. The van der Waals surface area contributed by atoms with Crippen LogP contribution in [0.2, 0.25) is 0 Å². The summed E-state index contributed by atoms with van der Waals surface area (Å²) in [5.41, 5.74) is 0.264. The van der Waals surface area contributed by atoms with Crippen molar-refractivity contribution in [2.24, 2.45) is 0 Å². The van der Waals surface area contributed by atoms with Gasteiger partial charge in [-0.2, -0.15) is 5.26 Å². The average Bonchev–Trinajstić information content (AvgIpc) is 3.18. The number of aliphatic hydroxyl groups excluding tert-OH is 1. The first-order valence-electron chi connectivity index (χ1n) is 11.5. The van der Waals surface area contributed by atoms with E-state index in [9.17, 15) is 24.6 Å². The molecule has 10 nitrogen and oxygen atoms in total. The molecule has 1 aliphatic heterocycles. The van der Waals surface area contributed by atoms with Crippen LogP contribution >= 0.6 is 0 Å². The molecule has 4 N–H and O–H groups in total. The topological polar surface area (TPSA) is 152 Å². The molecule has 0 spiro atoms. The molecular formula is C26H30N4O6. The largest absolute Gasteiger partial charge is 0.508 e. The lowest BCUT2D eigenvalue weighted by atomic mass is 9.95. The Morgan fingerprint density at radius 3 is 2.56 bits per heavy atom. The van der Waals surface area contributed by atoms with Crippen molar-refractivity contribution in [2.75, 3.05) is 13.3 Å². The van der Waals surface area contributed by atoms with Crippen molar-refractivity contribution in [1.29, 1.82) is 5.26 Å². The molecule has 0 bridgehead atoms. The quantitative estimate of drug-likeness (QED) is 0.400. The van der Waals surface area contributed by atoms with E-state index in [0.29, 0.717) is 5.56 Å². The number of carbonyl (C=O) groups is 3. The molecule has 0 saturated carbocycles. The Morgan fingerprint density at radius 1 is 1.19 bits per heavy atom. The smallest absolute Gasteiger partial charge is 0.256 e. The number of carbonyl (C=O) groups excluding carboxylic acids is 3. The van der Waals surface area contributed by atoms with Gasteiger partial charge in [-0.25, -0.2) is 0 Å². The molecule has 2 aromatic carbocycles. The number of nitrogens with zero attached hydrogens (tertiary/aromatic N) is 2. The molecule has 3 atom stereocenters. The van der Waals surface area contributed by atoms with Crippen LogP contribution in [0.3, 0.4) is 0 Å². The fourth-order valence-electron chi connectivity index (χ4n) is 4.20. The van der Waals surface area contributed by atoms with Crippen molar-refractivity contribution in [1.82, 2.24) is 15.5 Å². The maximum absolute atomic E-state index is 13.5. The number of amides is 3. The van der Waals surface area contributed by atoms with Crippen molar-refractivity contribution in [2.45, 2.75) is 51.0 Å². The van der Waals surface area contributed by atoms with Crippen LogP contribution in [0.15, 0.2) is 48.5 Å². The number of hydrogen-bond acceptors (Lipinski definition) is 7. The van der Waals surface area contributed by atoms with Crippen LogP contribution in [-0.4, -0.2) is 69.9 Å². The zero-order valence-corrected chi connectivity index (χ0v) is 20.4. The van der Waals surface area contributed by atoms with Crippen molar-refractivity contribution < 1.29 is 29.3 Å². The minimum atomic E-state index is -1.71. The number of aromatic hydroxyl groups is 1. The van der Waals surface area contributed by atoms with Gasteiger partial charge < -0.3 is 30.5 Å². The number of phenolic OH excluding ortho intramolecular Hbond substituents is 1. The summed E-state index contributed by atoms with van der Waals surface area (Å²) in [7, 11) is 0. The normalized spacial score (nSPS) is 18.1. The van der Waals surface area contributed by atoms with Gasteiger partial charge in [0.05, 0.1) is 17.7 Å². The molecule has 1 heterocycles. The first-order valence-corrected chi connectivity index (χ1v) is 11.5. The highest BCUT2D eigenvalue weighted by atomic mass is 16.5. The Bertz CT molecular complexity index is 1160. The second-order valence-corrected chi connectivity index (χ2v) is 9.13. The highest BCUT2D eigenvalue weighted by molar-refractivity contribution is 5.97. The number of rotatable bonds is 8. The van der Waals surface area contributed by atoms with E-state index < -0.39 is 41.5 Å². The predicted molar refractivity (Wildman–Crippen MR) is 130 cm³/mol. The maximum Gasteiger partial charge on any atom is 0.256 e. The summed E-state index contributed by atoms with van der Waals surface area (Å²) in [5.74, 6) is -2.01. The van der Waals surface area contributed by atoms with E-state index in [4.69, 9.17) is 10.00 Å². The molecule has 3 rings (SSSR count). The van der Waals surface area contributed by atoms with Crippen molar-refractivity contribution in [3.63, 3.8) is 0 Å². The Labute approximate surface area is 209 Å². The van der Waals surface area contributed by atoms with Crippen LogP contribution in [0, 0.1) is 18.3 Å². The average molecular weight is 495 g/mol. The monoisotopic (exact) mass is 494 g/mol. The molecule has 1 saturated heterocycles. The van der Waals surface area contributed by atoms with Gasteiger partial charge in [-0.05, 0) is 44.9 Å². The maximum atomic E-state index is 13.5. The Balaban J connectivity index is 1.88. The van der Waals surface area contributed by atoms with Gasteiger partial charge in [0.15, 0.2) is 6.10 Å². The lowest BCUT2D eigenvalue weighted by molar-refractivity contribution is -0.147. The molecule has 2 aromatic rings. The van der Waals surface area contributed by atoms with Crippen molar-refractivity contribution >= 4 is 17.7 Å². The van der Waals surface area contributed by atoms with Gasteiger partial charge in [-0.15, -0.1) is 0 Å². The third-order valence-corrected chi connectivity index (χ3v) is 6.22. The number of nitrogens with one attached hydrogen (secondary N) is 2. The second kappa shape index (κ2) is 11.2. The zero-order valence-electron chi connectivity index (χ0n) is 20.4. The van der Waals surface area contributed by atoms with E-state index in [1.807, 2.05) is 12.1 Å². The highest BCUT2D eigenvalue weighted by Gasteiger charge is 2.50. The van der Waals surface area contributed by atoms with Crippen LogP contribution in [0.25, 0.3) is 0 Å². The molecule has 0 radical (unpaired) electrons. The fourth-order valence-corrected chi connectivity index (χ4v) is 4.20. The van der Waals surface area contributed by atoms with E-state index in [0.717, 1.165) is 10.5 Å². The van der Waals surface area contributed by atoms with Crippen LogP contribution in [0.1, 0.15) is 35.3 Å². The highest BCUT2D eigenvalue weighted by Crippen LogP contribution is 2.29. The number of aliphatic hydroxyl groups is 1. The Kier molecular flexibility index (Phi) is 8.29. The van der Waals surface area contributed by atoms with Crippen LogP contribution in [0.4, 0.5) is 0 Å². The lowest BCUT2D eigenvalue weighted by Crippen LogP contribution is -2.59. The third-order valence-electron chi connectivity index (χ3n) is 6.22. The van der Waals surface area contributed by atoms with E-state index in [1.165, 1.54) is 18.2 Å². The second-order valence-electron chi connectivity index (χ2n) is 9.13. The Hall–Kier alpha value is -3.94. The van der Waals surface area contributed by atoms with Gasteiger partial charge in [0.1, 0.15) is 25.1 Å². The third kappa shape index (κ3) is 5.82. The molecular weight excluding hydrogens is 464 g/mol. The number of nitriles is 1. The summed E-state index contributed by atoms with van der Waals surface area (Å²) in [6.45, 7) is 4.37.